The molecule has 0 bridgehead atoms. The van der Waals surface area contributed by atoms with E-state index in [1.54, 1.807) is 0 Å². The van der Waals surface area contributed by atoms with Gasteiger partial charge >= 0.3 is 0 Å². The second kappa shape index (κ2) is 3.63. The minimum Gasteiger partial charge on any atom is -0.0654 e. The highest BCUT2D eigenvalue weighted by molar-refractivity contribution is 5.07. The van der Waals surface area contributed by atoms with Crippen molar-refractivity contribution in [3.63, 3.8) is 0 Å². The minimum absolute atomic E-state index is 0.571. The SMILES string of the molecule is CCCCC1(C(C)(C)CC)CC1C. The molecular formula is C13H26. The smallest absolute Gasteiger partial charge is 0.0218 e. The van der Waals surface area contributed by atoms with E-state index in [9.17, 15) is 0 Å². The lowest BCUT2D eigenvalue weighted by atomic mass is 9.70. The lowest BCUT2D eigenvalue weighted by Crippen LogP contribution is -2.26. The summed E-state index contributed by atoms with van der Waals surface area (Å²) in [5.74, 6) is 0.981. The van der Waals surface area contributed by atoms with Crippen molar-refractivity contribution in [1.29, 1.82) is 0 Å². The highest BCUT2D eigenvalue weighted by Gasteiger charge is 2.58. The lowest BCUT2D eigenvalue weighted by Gasteiger charge is -2.35. The average molecular weight is 182 g/mol. The first-order chi connectivity index (χ1) is 6.00. The van der Waals surface area contributed by atoms with E-state index in [4.69, 9.17) is 0 Å². The molecule has 78 valence electrons. The molecule has 1 fully saturated rings. The standard InChI is InChI=1S/C13H26/c1-6-8-9-13(10-11(13)3)12(4,5)7-2/h11H,6-10H2,1-5H3. The first kappa shape index (κ1) is 11.1. The predicted molar refractivity (Wildman–Crippen MR) is 59.8 cm³/mol. The molecule has 1 saturated carbocycles. The number of rotatable bonds is 5. The molecule has 0 spiro atoms. The maximum Gasteiger partial charge on any atom is -0.0218 e. The quantitative estimate of drug-likeness (QED) is 0.581. The Hall–Kier alpha value is 0. The van der Waals surface area contributed by atoms with Gasteiger partial charge in [-0.2, -0.15) is 0 Å². The van der Waals surface area contributed by atoms with Gasteiger partial charge in [-0.15, -0.1) is 0 Å². The van der Waals surface area contributed by atoms with Crippen LogP contribution in [0, 0.1) is 16.7 Å². The summed E-state index contributed by atoms with van der Waals surface area (Å²) in [6, 6.07) is 0. The van der Waals surface area contributed by atoms with Gasteiger partial charge in [0.05, 0.1) is 0 Å². The van der Waals surface area contributed by atoms with Gasteiger partial charge in [-0.1, -0.05) is 53.9 Å². The van der Waals surface area contributed by atoms with Crippen LogP contribution in [0.15, 0.2) is 0 Å². The second-order valence-electron chi connectivity index (χ2n) is 5.60. The van der Waals surface area contributed by atoms with Gasteiger partial charge in [0.25, 0.3) is 0 Å². The van der Waals surface area contributed by atoms with Gasteiger partial charge in [0, 0.05) is 0 Å². The monoisotopic (exact) mass is 182 g/mol. The van der Waals surface area contributed by atoms with Gasteiger partial charge < -0.3 is 0 Å². The summed E-state index contributed by atoms with van der Waals surface area (Å²) < 4.78 is 0. The summed E-state index contributed by atoms with van der Waals surface area (Å²) in [5, 5.41) is 0. The Morgan fingerprint density at radius 2 is 1.85 bits per heavy atom. The summed E-state index contributed by atoms with van der Waals surface area (Å²) in [6.07, 6.45) is 7.06. The second-order valence-corrected chi connectivity index (χ2v) is 5.60. The minimum atomic E-state index is 0.571. The van der Waals surface area contributed by atoms with Crippen molar-refractivity contribution in [1.82, 2.24) is 0 Å². The molecule has 1 rings (SSSR count). The summed E-state index contributed by atoms with van der Waals surface area (Å²) in [4.78, 5) is 0. The molecule has 0 aliphatic heterocycles. The molecule has 2 atom stereocenters. The van der Waals surface area contributed by atoms with E-state index in [1.165, 1.54) is 32.1 Å². The fraction of sp³-hybridized carbons (Fsp3) is 1.00. The molecule has 0 radical (unpaired) electrons. The average Bonchev–Trinajstić information content (AvgIpc) is 2.75. The van der Waals surface area contributed by atoms with E-state index in [1.807, 2.05) is 0 Å². The van der Waals surface area contributed by atoms with Gasteiger partial charge in [-0.3, -0.25) is 0 Å². The van der Waals surface area contributed by atoms with Crippen molar-refractivity contribution >= 4 is 0 Å². The van der Waals surface area contributed by atoms with Crippen molar-refractivity contribution in [2.45, 2.75) is 66.7 Å². The zero-order chi connectivity index (χ0) is 10.1. The Bertz CT molecular complexity index is 169. The zero-order valence-electron chi connectivity index (χ0n) is 10.1. The van der Waals surface area contributed by atoms with Crippen molar-refractivity contribution in [2.75, 3.05) is 0 Å². The molecule has 0 aromatic rings. The molecule has 0 heterocycles. The highest BCUT2D eigenvalue weighted by atomic mass is 14.6. The third kappa shape index (κ3) is 1.78. The third-order valence-corrected chi connectivity index (χ3v) is 4.66. The van der Waals surface area contributed by atoms with E-state index < -0.39 is 0 Å². The van der Waals surface area contributed by atoms with Gasteiger partial charge in [0.1, 0.15) is 0 Å². The van der Waals surface area contributed by atoms with Crippen LogP contribution in [0.5, 0.6) is 0 Å². The summed E-state index contributed by atoms with van der Waals surface area (Å²) in [6.45, 7) is 12.0. The molecule has 0 heteroatoms. The Labute approximate surface area is 84.1 Å². The molecule has 0 saturated heterocycles. The Balaban J connectivity index is 2.61. The van der Waals surface area contributed by atoms with Gasteiger partial charge in [-0.25, -0.2) is 0 Å². The lowest BCUT2D eigenvalue weighted by molar-refractivity contribution is 0.146. The summed E-state index contributed by atoms with van der Waals surface area (Å²) in [5.41, 5.74) is 1.28. The summed E-state index contributed by atoms with van der Waals surface area (Å²) in [7, 11) is 0. The Morgan fingerprint density at radius 3 is 2.15 bits per heavy atom. The van der Waals surface area contributed by atoms with E-state index in [2.05, 4.69) is 34.6 Å². The van der Waals surface area contributed by atoms with E-state index in [0.29, 0.717) is 10.8 Å². The maximum absolute atomic E-state index is 2.46. The zero-order valence-corrected chi connectivity index (χ0v) is 10.1. The van der Waals surface area contributed by atoms with Crippen molar-refractivity contribution in [3.05, 3.63) is 0 Å². The fourth-order valence-electron chi connectivity index (χ4n) is 2.96. The maximum atomic E-state index is 2.46. The first-order valence-corrected chi connectivity index (χ1v) is 6.00. The van der Waals surface area contributed by atoms with Gasteiger partial charge in [0.15, 0.2) is 0 Å². The Morgan fingerprint density at radius 1 is 1.31 bits per heavy atom. The highest BCUT2D eigenvalue weighted by Crippen LogP contribution is 2.66. The predicted octanol–water partition coefficient (Wildman–Crippen LogP) is 4.64. The molecule has 0 aromatic heterocycles. The van der Waals surface area contributed by atoms with Crippen LogP contribution in [0.1, 0.15) is 66.7 Å². The van der Waals surface area contributed by atoms with E-state index >= 15 is 0 Å². The van der Waals surface area contributed by atoms with Gasteiger partial charge in [0.2, 0.25) is 0 Å². The van der Waals surface area contributed by atoms with Crippen LogP contribution in [-0.2, 0) is 0 Å². The molecule has 0 aromatic carbocycles. The number of hydrogen-bond acceptors (Lipinski definition) is 0. The first-order valence-electron chi connectivity index (χ1n) is 6.00. The van der Waals surface area contributed by atoms with Crippen LogP contribution >= 0.6 is 0 Å². The van der Waals surface area contributed by atoms with Crippen molar-refractivity contribution in [2.24, 2.45) is 16.7 Å². The van der Waals surface area contributed by atoms with Crippen LogP contribution in [0.2, 0.25) is 0 Å². The van der Waals surface area contributed by atoms with Crippen LogP contribution in [0.3, 0.4) is 0 Å². The van der Waals surface area contributed by atoms with Crippen LogP contribution in [-0.4, -0.2) is 0 Å². The molecule has 1 aliphatic carbocycles. The van der Waals surface area contributed by atoms with Crippen molar-refractivity contribution < 1.29 is 0 Å². The van der Waals surface area contributed by atoms with Crippen LogP contribution in [0.4, 0.5) is 0 Å². The van der Waals surface area contributed by atoms with Crippen LogP contribution < -0.4 is 0 Å². The van der Waals surface area contributed by atoms with Crippen LogP contribution in [0.25, 0.3) is 0 Å². The normalized spacial score (nSPS) is 33.5. The summed E-state index contributed by atoms with van der Waals surface area (Å²) >= 11 is 0. The van der Waals surface area contributed by atoms with Gasteiger partial charge in [-0.05, 0) is 29.6 Å². The largest absolute Gasteiger partial charge is 0.0654 e. The number of hydrogen-bond donors (Lipinski definition) is 0. The van der Waals surface area contributed by atoms with E-state index in [0.717, 1.165) is 5.92 Å². The van der Waals surface area contributed by atoms with Crippen molar-refractivity contribution in [3.8, 4) is 0 Å². The molecule has 0 nitrogen and oxygen atoms in total. The molecule has 1 aliphatic rings. The topological polar surface area (TPSA) is 0 Å². The van der Waals surface area contributed by atoms with E-state index in [-0.39, 0.29) is 0 Å². The molecule has 13 heavy (non-hydrogen) atoms. The molecule has 0 amide bonds. The fourth-order valence-corrected chi connectivity index (χ4v) is 2.96. The molecule has 2 unspecified atom stereocenters. The Kier molecular flexibility index (Phi) is 3.09. The third-order valence-electron chi connectivity index (χ3n) is 4.66. The molecular weight excluding hydrogens is 156 g/mol. The number of unbranched alkanes of at least 4 members (excludes halogenated alkanes) is 1. The molecule has 0 N–H and O–H groups in total.